The Morgan fingerprint density at radius 1 is 0.542 bits per heavy atom. The van der Waals surface area contributed by atoms with Crippen LogP contribution in [0.3, 0.4) is 0 Å². The van der Waals surface area contributed by atoms with Gasteiger partial charge >= 0.3 is 35.8 Å². The number of Topliss-reactive ketones (excluding diaryl/α,β-unsaturated/α-hetero) is 1. The van der Waals surface area contributed by atoms with Crippen molar-refractivity contribution in [1.82, 2.24) is 29.4 Å². The third-order valence-corrected chi connectivity index (χ3v) is 18.2. The lowest BCUT2D eigenvalue weighted by Gasteiger charge is -2.41. The first-order valence-corrected chi connectivity index (χ1v) is 36.2. The number of hydrogen-bond acceptors (Lipinski definition) is 18. The molecule has 3 fully saturated rings. The van der Waals surface area contributed by atoms with Crippen molar-refractivity contribution in [1.29, 1.82) is 0 Å². The SMILES string of the molecule is CC(C)N(C(=O)c1ccc(F)c([N+](=O)[O-])c1)[C@@H]1CCCN(C(=O)OC(C)(C)C)C1.CC(C)N(C(=O)c1ccc(OC(C)(C)c2ccccc2)c([N+](=O)[O-])c1)[C@@H]1CCCN(C(=O)OC(C)(C)C)C1.CC(C)N(C(=O)c1ccc2c(c1)CC(=O)[C@](C)(c1ccccc1)O2)[C@@H]1CCCN(C(=O)OC(C)(C)C)C1.O=C=O. The van der Waals surface area contributed by atoms with E-state index in [1.807, 2.05) is 162 Å². The maximum atomic E-state index is 13.8. The van der Waals surface area contributed by atoms with E-state index in [1.165, 1.54) is 18.2 Å². The molecule has 580 valence electrons. The summed E-state index contributed by atoms with van der Waals surface area (Å²) in [4.78, 5) is 140. The topological polar surface area (TPSA) is 306 Å². The van der Waals surface area contributed by atoms with E-state index in [-0.39, 0.29) is 95.1 Å². The Morgan fingerprint density at radius 3 is 1.27 bits per heavy atom. The zero-order valence-electron chi connectivity index (χ0n) is 64.9. The molecule has 0 N–H and O–H groups in total. The molecule has 0 aromatic heterocycles. The van der Waals surface area contributed by atoms with Crippen molar-refractivity contribution in [3.8, 4) is 11.5 Å². The molecule has 0 spiro atoms. The number of rotatable bonds is 15. The van der Waals surface area contributed by atoms with Crippen LogP contribution in [0.15, 0.2) is 115 Å². The number of hydrogen-bond donors (Lipinski definition) is 0. The van der Waals surface area contributed by atoms with Crippen LogP contribution in [0.25, 0.3) is 0 Å². The van der Waals surface area contributed by atoms with Crippen LogP contribution in [0.2, 0.25) is 0 Å². The molecule has 5 aromatic carbocycles. The molecule has 0 saturated carbocycles. The molecule has 9 rings (SSSR count). The second kappa shape index (κ2) is 36.3. The number of amides is 6. The van der Waals surface area contributed by atoms with Crippen molar-refractivity contribution < 1.29 is 81.1 Å². The van der Waals surface area contributed by atoms with E-state index in [0.717, 1.165) is 48.9 Å². The van der Waals surface area contributed by atoms with Crippen LogP contribution < -0.4 is 9.47 Å². The summed E-state index contributed by atoms with van der Waals surface area (Å²) in [5.41, 5.74) is -1.56. The zero-order valence-corrected chi connectivity index (χ0v) is 64.9. The molecular formula is C80H105FN8O18. The van der Waals surface area contributed by atoms with Crippen LogP contribution in [0, 0.1) is 26.0 Å². The number of halogens is 1. The molecule has 0 unspecified atom stereocenters. The second-order valence-corrected chi connectivity index (χ2v) is 31.4. The summed E-state index contributed by atoms with van der Waals surface area (Å²) in [5.74, 6) is -1.20. The molecule has 27 heteroatoms. The molecule has 0 radical (unpaired) electrons. The Balaban J connectivity index is 0.000000249. The summed E-state index contributed by atoms with van der Waals surface area (Å²) < 4.78 is 42.5. The van der Waals surface area contributed by atoms with Crippen molar-refractivity contribution in [3.05, 3.63) is 175 Å². The van der Waals surface area contributed by atoms with E-state index < -0.39 is 67.5 Å². The first-order valence-electron chi connectivity index (χ1n) is 36.2. The summed E-state index contributed by atoms with van der Waals surface area (Å²) in [6.45, 7) is 36.1. The van der Waals surface area contributed by atoms with E-state index in [4.69, 9.17) is 33.3 Å². The van der Waals surface area contributed by atoms with Gasteiger partial charge in [-0.2, -0.15) is 14.0 Å². The highest BCUT2D eigenvalue weighted by Gasteiger charge is 2.43. The Hall–Kier alpha value is -10.3. The van der Waals surface area contributed by atoms with Gasteiger partial charge in [0.2, 0.25) is 5.82 Å². The highest BCUT2D eigenvalue weighted by molar-refractivity contribution is 5.98. The first kappa shape index (κ1) is 85.6. The Bertz CT molecular complexity index is 4010. The summed E-state index contributed by atoms with van der Waals surface area (Å²) in [7, 11) is 0. The van der Waals surface area contributed by atoms with Gasteiger partial charge in [0.25, 0.3) is 17.7 Å². The lowest BCUT2D eigenvalue weighted by molar-refractivity contribution is -0.387. The smallest absolute Gasteiger partial charge is 0.410 e. The number of benzene rings is 5. The number of ether oxygens (including phenoxy) is 5. The third-order valence-electron chi connectivity index (χ3n) is 18.2. The maximum Gasteiger partial charge on any atom is 0.410 e. The summed E-state index contributed by atoms with van der Waals surface area (Å²) in [6.07, 6.45) is 3.69. The number of nitrogens with zero attached hydrogens (tertiary/aromatic N) is 8. The predicted octanol–water partition coefficient (Wildman–Crippen LogP) is 14.9. The molecule has 6 amide bonds. The summed E-state index contributed by atoms with van der Waals surface area (Å²) >= 11 is 0. The number of likely N-dealkylation sites (tertiary alicyclic amines) is 3. The number of piperidine rings is 3. The highest BCUT2D eigenvalue weighted by Crippen LogP contribution is 2.40. The van der Waals surface area contributed by atoms with Crippen molar-refractivity contribution in [2.75, 3.05) is 39.3 Å². The average Bonchev–Trinajstić information content (AvgIpc) is 0.773. The molecule has 4 heterocycles. The van der Waals surface area contributed by atoms with E-state index in [2.05, 4.69) is 0 Å². The van der Waals surface area contributed by atoms with Gasteiger partial charge in [0.1, 0.15) is 28.2 Å². The maximum absolute atomic E-state index is 13.8. The van der Waals surface area contributed by atoms with Gasteiger partial charge in [-0.25, -0.2) is 14.4 Å². The van der Waals surface area contributed by atoms with E-state index in [9.17, 15) is 58.2 Å². The van der Waals surface area contributed by atoms with E-state index in [1.54, 1.807) is 76.5 Å². The second-order valence-electron chi connectivity index (χ2n) is 31.4. The fourth-order valence-electron chi connectivity index (χ4n) is 13.3. The largest absolute Gasteiger partial charge is 0.476 e. The number of carbonyl (C=O) groups excluding carboxylic acids is 9. The molecule has 4 aliphatic heterocycles. The van der Waals surface area contributed by atoms with Gasteiger partial charge in [-0.15, -0.1) is 0 Å². The van der Waals surface area contributed by atoms with Crippen LogP contribution in [0.5, 0.6) is 11.5 Å². The minimum atomic E-state index is -1.06. The Labute approximate surface area is 626 Å². The highest BCUT2D eigenvalue weighted by atomic mass is 19.1. The summed E-state index contributed by atoms with van der Waals surface area (Å²) in [6, 6.07) is 30.7. The van der Waals surface area contributed by atoms with Crippen LogP contribution in [-0.4, -0.2) is 180 Å². The average molecular weight is 1490 g/mol. The standard InChI is InChI=1S/C30H38N2O5.C29H39N3O6.C20H28FN3O5.CO2/c1-20(2)32(24-13-10-16-31(19-24)28(35)37-29(3,4)5)27(34)21-14-15-25-22(17-21)18-26(33)30(6,36-25)23-11-8-7-9-12-23;1-20(2)31(23-14-11-17-30(19-23)27(34)38-28(3,4)5)26(33)21-15-16-25(24(18-21)32(35)36)37-29(6,7)22-12-9-8-10-13-22;1-13(2)23(18(25)14-8-9-16(21)17(11-14)24(27)28)15-7-6-10-22(12-15)19(26)29-20(3,4)5;2-1-3/h7-9,11-12,14-15,17,20,24H,10,13,16,18-19H2,1-6H3;8-10,12-13,15-16,18,20,23H,11,14,17,19H2,1-7H3;8-9,11,13,15H,6-7,10,12H2,1-5H3;/t24-,30+;23-;15-;/m111./s1. The normalized spacial score (nSPS) is 18.0. The van der Waals surface area contributed by atoms with Gasteiger partial charge in [-0.05, 0) is 211 Å². The van der Waals surface area contributed by atoms with Crippen molar-refractivity contribution in [3.63, 3.8) is 0 Å². The van der Waals surface area contributed by atoms with Crippen molar-refractivity contribution in [2.45, 2.75) is 234 Å². The number of fused-ring (bicyclic) bond motifs is 1. The van der Waals surface area contributed by atoms with Gasteiger partial charge in [0.05, 0.1) is 28.0 Å². The van der Waals surface area contributed by atoms with Gasteiger partial charge in [-0.1, -0.05) is 60.7 Å². The molecule has 0 bridgehead atoms. The molecule has 5 aromatic rings. The van der Waals surface area contributed by atoms with E-state index >= 15 is 0 Å². The van der Waals surface area contributed by atoms with Gasteiger partial charge in [0.15, 0.2) is 17.1 Å². The molecule has 107 heavy (non-hydrogen) atoms. The van der Waals surface area contributed by atoms with Crippen LogP contribution in [0.4, 0.5) is 30.1 Å². The minimum Gasteiger partial charge on any atom is -0.476 e. The van der Waals surface area contributed by atoms with Crippen LogP contribution in [-0.2, 0) is 46.2 Å². The number of nitro groups is 2. The minimum absolute atomic E-state index is 0.0428. The lowest BCUT2D eigenvalue weighted by atomic mass is 9.85. The van der Waals surface area contributed by atoms with Gasteiger partial charge < -0.3 is 53.1 Å². The fraction of sp³-hybridized carbons (Fsp3) is 0.525. The molecule has 3 saturated heterocycles. The molecular weight excluding hydrogens is 1380 g/mol. The quantitative estimate of drug-likeness (QED) is 0.0534. The number of carbonyl (C=O) groups is 7. The zero-order chi connectivity index (χ0) is 79.8. The molecule has 0 aliphatic carbocycles. The predicted molar refractivity (Wildman–Crippen MR) is 397 cm³/mol. The van der Waals surface area contributed by atoms with Crippen molar-refractivity contribution in [2.24, 2.45) is 0 Å². The van der Waals surface area contributed by atoms with E-state index in [0.29, 0.717) is 69.0 Å². The van der Waals surface area contributed by atoms with Crippen LogP contribution >= 0.6 is 0 Å². The number of ketones is 1. The van der Waals surface area contributed by atoms with Gasteiger partial charge in [0, 0.05) is 104 Å². The molecule has 4 atom stereocenters. The van der Waals surface area contributed by atoms with Crippen molar-refractivity contribution >= 4 is 59.3 Å². The monoisotopic (exact) mass is 1480 g/mol. The first-order chi connectivity index (χ1) is 49.9. The van der Waals surface area contributed by atoms with Crippen LogP contribution in [0.1, 0.15) is 211 Å². The molecule has 4 aliphatic rings. The third kappa shape index (κ3) is 23.3. The molecule has 26 nitrogen and oxygen atoms in total. The summed E-state index contributed by atoms with van der Waals surface area (Å²) in [5, 5.41) is 23.0. The Kier molecular flexibility index (Phi) is 29.1. The number of nitro benzene ring substituents is 2. The Morgan fingerprint density at radius 2 is 0.897 bits per heavy atom. The van der Waals surface area contributed by atoms with Gasteiger partial charge in [-0.3, -0.25) is 39.4 Å². The lowest BCUT2D eigenvalue weighted by Crippen LogP contribution is -2.54. The fourth-order valence-corrected chi connectivity index (χ4v) is 13.3.